The zero-order valence-electron chi connectivity index (χ0n) is 12.6. The second kappa shape index (κ2) is 5.82. The quantitative estimate of drug-likeness (QED) is 0.455. The molecule has 0 aliphatic heterocycles. The highest BCUT2D eigenvalue weighted by atomic mass is 35.5. The number of methoxy groups -OCH3 is 2. The van der Waals surface area contributed by atoms with Crippen molar-refractivity contribution >= 4 is 81.5 Å². The summed E-state index contributed by atoms with van der Waals surface area (Å²) < 4.78 is 7.56. The van der Waals surface area contributed by atoms with Crippen molar-refractivity contribution in [3.8, 4) is 0 Å². The van der Waals surface area contributed by atoms with Gasteiger partial charge < -0.3 is 9.47 Å². The summed E-state index contributed by atoms with van der Waals surface area (Å²) in [5, 5.41) is -0.258. The smallest absolute Gasteiger partial charge is 0.338 e. The summed E-state index contributed by atoms with van der Waals surface area (Å²) >= 11 is 38.9. The Kier molecular flexibility index (Phi) is 4.51. The molecule has 1 aromatic carbocycles. The number of allylic oxidation sites excluding steroid dienone is 2. The highest BCUT2D eigenvalue weighted by Gasteiger charge is 2.78. The highest BCUT2D eigenvalue weighted by molar-refractivity contribution is 6.65. The van der Waals surface area contributed by atoms with Gasteiger partial charge >= 0.3 is 11.9 Å². The largest absolute Gasteiger partial charge is 0.465 e. The molecule has 134 valence electrons. The third kappa shape index (κ3) is 1.99. The molecular formula is C15H8Cl6O4. The van der Waals surface area contributed by atoms with Crippen LogP contribution in [0.1, 0.15) is 31.8 Å². The Morgan fingerprint density at radius 2 is 1.12 bits per heavy atom. The van der Waals surface area contributed by atoms with Gasteiger partial charge in [-0.1, -0.05) is 46.4 Å². The Bertz CT molecular complexity index is 797. The van der Waals surface area contributed by atoms with Crippen molar-refractivity contribution in [2.24, 2.45) is 0 Å². The summed E-state index contributed by atoms with van der Waals surface area (Å²) in [6.07, 6.45) is 0. The molecule has 25 heavy (non-hydrogen) atoms. The van der Waals surface area contributed by atoms with Gasteiger partial charge in [0.2, 0.25) is 0 Å². The van der Waals surface area contributed by atoms with E-state index in [0.29, 0.717) is 0 Å². The van der Waals surface area contributed by atoms with Crippen molar-refractivity contribution in [3.05, 3.63) is 44.5 Å². The summed E-state index contributed by atoms with van der Waals surface area (Å²) in [5.74, 6) is -1.46. The van der Waals surface area contributed by atoms with E-state index in [4.69, 9.17) is 79.1 Å². The first-order chi connectivity index (χ1) is 11.5. The Labute approximate surface area is 172 Å². The van der Waals surface area contributed by atoms with E-state index in [2.05, 4.69) is 0 Å². The van der Waals surface area contributed by atoms with E-state index in [0.717, 1.165) is 0 Å². The fraction of sp³-hybridized carbons (Fsp3) is 0.333. The minimum Gasteiger partial charge on any atom is -0.465 e. The number of hydrogen-bond donors (Lipinski definition) is 0. The Balaban J connectivity index is 2.52. The molecule has 0 N–H and O–H groups in total. The van der Waals surface area contributed by atoms with Crippen molar-refractivity contribution in [2.75, 3.05) is 14.2 Å². The Hall–Kier alpha value is -0.360. The van der Waals surface area contributed by atoms with Crippen LogP contribution in [0, 0.1) is 0 Å². The molecule has 0 unspecified atom stereocenters. The Morgan fingerprint density at radius 3 is 1.40 bits per heavy atom. The molecule has 0 fully saturated rings. The van der Waals surface area contributed by atoms with Gasteiger partial charge in [0.25, 0.3) is 0 Å². The van der Waals surface area contributed by atoms with Gasteiger partial charge in [-0.15, -0.1) is 23.2 Å². The minimum absolute atomic E-state index is 0.00988. The SMILES string of the molecule is COC(=O)c1ccc(C(=O)OC)c2c1[C@]1(Cl)C(Cl)=C(Cl)[C@]2(Cl)C1(Cl)Cl. The number of ether oxygens (including phenoxy) is 2. The van der Waals surface area contributed by atoms with Gasteiger partial charge in [0.05, 0.1) is 35.4 Å². The molecule has 0 heterocycles. The average molecular weight is 465 g/mol. The zero-order chi connectivity index (χ0) is 18.9. The molecular weight excluding hydrogens is 457 g/mol. The molecule has 2 aliphatic rings. The van der Waals surface area contributed by atoms with E-state index >= 15 is 0 Å². The lowest BCUT2D eigenvalue weighted by molar-refractivity contribution is 0.0584. The predicted molar refractivity (Wildman–Crippen MR) is 97.4 cm³/mol. The summed E-state index contributed by atoms with van der Waals surface area (Å²) in [7, 11) is 2.37. The monoisotopic (exact) mass is 462 g/mol. The van der Waals surface area contributed by atoms with Gasteiger partial charge in [0.1, 0.15) is 9.75 Å². The summed E-state index contributed by atoms with van der Waals surface area (Å²) in [6.45, 7) is 0. The molecule has 0 amide bonds. The van der Waals surface area contributed by atoms with Crippen LogP contribution >= 0.6 is 69.6 Å². The molecule has 1 aromatic rings. The van der Waals surface area contributed by atoms with Crippen molar-refractivity contribution in [1.29, 1.82) is 0 Å². The number of halogens is 6. The number of benzene rings is 1. The average Bonchev–Trinajstić information content (AvgIpc) is 2.80. The second-order valence-electron chi connectivity index (χ2n) is 5.41. The first-order valence-electron chi connectivity index (χ1n) is 6.68. The maximum Gasteiger partial charge on any atom is 0.338 e. The van der Waals surface area contributed by atoms with Crippen LogP contribution in [0.4, 0.5) is 0 Å². The zero-order valence-corrected chi connectivity index (χ0v) is 17.1. The number of carbonyl (C=O) groups is 2. The number of hydrogen-bond acceptors (Lipinski definition) is 4. The van der Waals surface area contributed by atoms with E-state index in [1.165, 1.54) is 26.4 Å². The lowest BCUT2D eigenvalue weighted by Gasteiger charge is -2.31. The number of alkyl halides is 4. The van der Waals surface area contributed by atoms with Crippen molar-refractivity contribution in [1.82, 2.24) is 0 Å². The third-order valence-electron chi connectivity index (χ3n) is 4.37. The van der Waals surface area contributed by atoms with Gasteiger partial charge in [-0.25, -0.2) is 9.59 Å². The van der Waals surface area contributed by atoms with Crippen LogP contribution in [-0.4, -0.2) is 30.5 Å². The number of fused-ring (bicyclic) bond motifs is 5. The number of carbonyl (C=O) groups excluding carboxylic acids is 2. The standard InChI is InChI=1S/C15H8Cl6O4/c1-24-11(22)5-3-4-6(12(23)25-2)8-7(5)13(18)9(16)10(17)14(8,19)15(13,20)21/h3-4H,1-2H3/t13-,14-/m0/s1. The fourth-order valence-corrected chi connectivity index (χ4v) is 5.94. The maximum atomic E-state index is 12.2. The van der Waals surface area contributed by atoms with Crippen LogP contribution < -0.4 is 0 Å². The molecule has 10 heteroatoms. The van der Waals surface area contributed by atoms with Crippen LogP contribution in [0.25, 0.3) is 0 Å². The lowest BCUT2D eigenvalue weighted by atomic mass is 9.87. The van der Waals surface area contributed by atoms with Crippen LogP contribution in [-0.2, 0) is 19.2 Å². The summed E-state index contributed by atoms with van der Waals surface area (Å²) in [6, 6.07) is 2.67. The topological polar surface area (TPSA) is 52.6 Å². The third-order valence-corrected chi connectivity index (χ3v) is 8.45. The normalized spacial score (nSPS) is 28.8. The van der Waals surface area contributed by atoms with Gasteiger partial charge in [-0.3, -0.25) is 0 Å². The first kappa shape index (κ1) is 19.4. The van der Waals surface area contributed by atoms with Crippen LogP contribution in [0.15, 0.2) is 22.2 Å². The molecule has 2 bridgehead atoms. The molecule has 4 nitrogen and oxygen atoms in total. The van der Waals surface area contributed by atoms with Gasteiger partial charge in [0.15, 0.2) is 4.33 Å². The molecule has 0 saturated heterocycles. The van der Waals surface area contributed by atoms with E-state index in [1.807, 2.05) is 0 Å². The number of rotatable bonds is 2. The molecule has 0 aromatic heterocycles. The molecule has 3 rings (SSSR count). The van der Waals surface area contributed by atoms with E-state index in [1.54, 1.807) is 0 Å². The molecule has 2 atom stereocenters. The summed E-state index contributed by atoms with van der Waals surface area (Å²) in [5.41, 5.74) is 0.156. The highest BCUT2D eigenvalue weighted by Crippen LogP contribution is 2.78. The van der Waals surface area contributed by atoms with Crippen LogP contribution in [0.3, 0.4) is 0 Å². The van der Waals surface area contributed by atoms with Gasteiger partial charge in [-0.05, 0) is 12.1 Å². The van der Waals surface area contributed by atoms with E-state index < -0.39 is 26.0 Å². The van der Waals surface area contributed by atoms with Crippen molar-refractivity contribution < 1.29 is 19.1 Å². The second-order valence-corrected chi connectivity index (χ2v) is 8.63. The van der Waals surface area contributed by atoms with Crippen molar-refractivity contribution in [3.63, 3.8) is 0 Å². The number of esters is 2. The Morgan fingerprint density at radius 1 is 0.800 bits per heavy atom. The minimum atomic E-state index is -1.98. The van der Waals surface area contributed by atoms with E-state index in [9.17, 15) is 9.59 Å². The van der Waals surface area contributed by atoms with E-state index in [-0.39, 0.29) is 32.3 Å². The molecule has 0 spiro atoms. The maximum absolute atomic E-state index is 12.2. The van der Waals surface area contributed by atoms with Gasteiger partial charge in [0, 0.05) is 11.1 Å². The predicted octanol–water partition coefficient (Wildman–Crippen LogP) is 5.02. The van der Waals surface area contributed by atoms with Crippen LogP contribution in [0.5, 0.6) is 0 Å². The van der Waals surface area contributed by atoms with Gasteiger partial charge in [-0.2, -0.15) is 0 Å². The lowest BCUT2D eigenvalue weighted by Crippen LogP contribution is -2.40. The molecule has 2 aliphatic carbocycles. The molecule has 0 radical (unpaired) electrons. The van der Waals surface area contributed by atoms with Crippen molar-refractivity contribution in [2.45, 2.75) is 14.1 Å². The van der Waals surface area contributed by atoms with Crippen LogP contribution in [0.2, 0.25) is 0 Å². The fourth-order valence-electron chi connectivity index (χ4n) is 3.23. The first-order valence-corrected chi connectivity index (χ1v) is 8.95. The molecule has 0 saturated carbocycles. The summed E-state index contributed by atoms with van der Waals surface area (Å²) in [4.78, 5) is 20.8.